The molecule has 8 nitrogen and oxygen atoms in total. The Balaban J connectivity index is 4.46. The lowest BCUT2D eigenvalue weighted by Gasteiger charge is -2.31. The number of carboxylic acid groups (broad SMARTS) is 1. The van der Waals surface area contributed by atoms with Crippen LogP contribution in [0.3, 0.4) is 0 Å². The lowest BCUT2D eigenvalue weighted by Crippen LogP contribution is -2.50. The van der Waals surface area contributed by atoms with Gasteiger partial charge in [-0.25, -0.2) is 4.79 Å². The molecule has 0 aliphatic rings. The summed E-state index contributed by atoms with van der Waals surface area (Å²) in [5, 5.41) is 9.58. The monoisotopic (exact) mass is 705 g/mol. The predicted molar refractivity (Wildman–Crippen MR) is 206 cm³/mol. The minimum atomic E-state index is -0.882. The van der Waals surface area contributed by atoms with E-state index in [1.165, 1.54) is 32.1 Å². The van der Waals surface area contributed by atoms with Crippen LogP contribution in [0.15, 0.2) is 48.6 Å². The summed E-state index contributed by atoms with van der Waals surface area (Å²) in [6.45, 7) is 4.54. The minimum Gasteiger partial charge on any atom is -0.477 e. The molecule has 0 fully saturated rings. The normalized spacial score (nSPS) is 13.5. The molecule has 0 aliphatic carbocycles. The number of unbranched alkanes of at least 4 members (excludes halogenated alkanes) is 12. The maximum absolute atomic E-state index is 12.6. The van der Waals surface area contributed by atoms with Crippen molar-refractivity contribution in [2.75, 3.05) is 41.0 Å². The molecule has 1 N–H and O–H groups in total. The number of ether oxygens (including phenoxy) is 3. The van der Waals surface area contributed by atoms with Gasteiger partial charge in [-0.15, -0.1) is 0 Å². The molecule has 0 aromatic heterocycles. The molecule has 0 amide bonds. The zero-order valence-corrected chi connectivity index (χ0v) is 32.6. The second-order valence-electron chi connectivity index (χ2n) is 14.1. The standard InChI is InChI=1S/C42H73NO7/c1-6-8-10-12-14-16-18-20-21-23-24-26-28-30-32-40(44)49-37-38(36-48-35-34-39(42(46)47)43(3,4)5)50-41(45)33-31-29-27-25-22-19-17-15-13-11-9-7-2/h8,10,14-17,20-21,38-39H,6-7,9,11-13,18-19,22-37H2,1-5H3/p+1/b10-8+,16-14+,17-15+,21-20+. The third-order valence-electron chi connectivity index (χ3n) is 8.46. The summed E-state index contributed by atoms with van der Waals surface area (Å²) < 4.78 is 17.2. The Labute approximate surface area is 306 Å². The van der Waals surface area contributed by atoms with Crippen LogP contribution in [0, 0.1) is 0 Å². The van der Waals surface area contributed by atoms with Crippen LogP contribution in [0.5, 0.6) is 0 Å². The Morgan fingerprint density at radius 3 is 1.68 bits per heavy atom. The first kappa shape index (κ1) is 47.3. The summed E-state index contributed by atoms with van der Waals surface area (Å²) in [6, 6.07) is -0.619. The van der Waals surface area contributed by atoms with Gasteiger partial charge in [0.25, 0.3) is 0 Å². The van der Waals surface area contributed by atoms with E-state index in [0.717, 1.165) is 83.5 Å². The summed E-state index contributed by atoms with van der Waals surface area (Å²) in [4.78, 5) is 36.8. The van der Waals surface area contributed by atoms with Gasteiger partial charge >= 0.3 is 17.9 Å². The number of carbonyl (C=O) groups is 3. The highest BCUT2D eigenvalue weighted by molar-refractivity contribution is 5.72. The van der Waals surface area contributed by atoms with E-state index < -0.39 is 18.1 Å². The van der Waals surface area contributed by atoms with E-state index in [0.29, 0.717) is 19.3 Å². The number of carboxylic acids is 1. The van der Waals surface area contributed by atoms with E-state index in [9.17, 15) is 19.5 Å². The number of nitrogens with zero attached hydrogens (tertiary/aromatic N) is 1. The van der Waals surface area contributed by atoms with Crippen molar-refractivity contribution >= 4 is 17.9 Å². The van der Waals surface area contributed by atoms with Gasteiger partial charge in [0.05, 0.1) is 34.4 Å². The molecule has 2 unspecified atom stereocenters. The Bertz CT molecular complexity index is 964. The predicted octanol–water partition coefficient (Wildman–Crippen LogP) is 10.1. The van der Waals surface area contributed by atoms with Crippen molar-refractivity contribution in [3.05, 3.63) is 48.6 Å². The Hall–Kier alpha value is -2.71. The summed E-state index contributed by atoms with van der Waals surface area (Å²) >= 11 is 0. The van der Waals surface area contributed by atoms with E-state index in [2.05, 4.69) is 62.5 Å². The van der Waals surface area contributed by atoms with Gasteiger partial charge in [-0.3, -0.25) is 9.59 Å². The van der Waals surface area contributed by atoms with Crippen LogP contribution >= 0.6 is 0 Å². The van der Waals surface area contributed by atoms with E-state index in [4.69, 9.17) is 14.2 Å². The Kier molecular flexibility index (Phi) is 31.6. The maximum atomic E-state index is 12.6. The van der Waals surface area contributed by atoms with Gasteiger partial charge in [0, 0.05) is 19.3 Å². The Morgan fingerprint density at radius 2 is 1.12 bits per heavy atom. The van der Waals surface area contributed by atoms with E-state index in [-0.39, 0.29) is 36.2 Å². The first-order valence-corrected chi connectivity index (χ1v) is 19.7. The molecule has 288 valence electrons. The number of quaternary nitrogens is 1. The third-order valence-corrected chi connectivity index (χ3v) is 8.46. The zero-order valence-electron chi connectivity index (χ0n) is 32.6. The van der Waals surface area contributed by atoms with Gasteiger partial charge in [-0.05, 0) is 70.6 Å². The topological polar surface area (TPSA) is 99.1 Å². The van der Waals surface area contributed by atoms with Crippen molar-refractivity contribution < 1.29 is 38.2 Å². The molecule has 0 heterocycles. The number of aliphatic carboxylic acids is 1. The van der Waals surface area contributed by atoms with Gasteiger partial charge in [0.2, 0.25) is 0 Å². The molecule has 0 saturated carbocycles. The molecule has 0 aromatic carbocycles. The van der Waals surface area contributed by atoms with E-state index in [1.807, 2.05) is 21.1 Å². The first-order valence-electron chi connectivity index (χ1n) is 19.7. The van der Waals surface area contributed by atoms with Crippen LogP contribution in [-0.4, -0.2) is 80.6 Å². The van der Waals surface area contributed by atoms with Crippen molar-refractivity contribution in [2.45, 2.75) is 161 Å². The highest BCUT2D eigenvalue weighted by atomic mass is 16.6. The van der Waals surface area contributed by atoms with E-state index in [1.54, 1.807) is 0 Å². The fraction of sp³-hybridized carbons (Fsp3) is 0.738. The van der Waals surface area contributed by atoms with Crippen molar-refractivity contribution in [3.63, 3.8) is 0 Å². The lowest BCUT2D eigenvalue weighted by atomic mass is 10.1. The van der Waals surface area contributed by atoms with Gasteiger partial charge < -0.3 is 23.8 Å². The Morgan fingerprint density at radius 1 is 0.620 bits per heavy atom. The van der Waals surface area contributed by atoms with Gasteiger partial charge in [0.1, 0.15) is 6.61 Å². The quantitative estimate of drug-likeness (QED) is 0.0308. The molecule has 0 aliphatic heterocycles. The first-order chi connectivity index (χ1) is 24.1. The van der Waals surface area contributed by atoms with Crippen molar-refractivity contribution in [3.8, 4) is 0 Å². The average molecular weight is 705 g/mol. The summed E-state index contributed by atoms with van der Waals surface area (Å²) in [7, 11) is 5.50. The molecule has 0 saturated heterocycles. The van der Waals surface area contributed by atoms with Crippen molar-refractivity contribution in [2.24, 2.45) is 0 Å². The van der Waals surface area contributed by atoms with Crippen LogP contribution in [0.1, 0.15) is 149 Å². The molecule has 0 spiro atoms. The average Bonchev–Trinajstić information content (AvgIpc) is 3.06. The van der Waals surface area contributed by atoms with Gasteiger partial charge in [0.15, 0.2) is 12.1 Å². The second kappa shape index (κ2) is 33.4. The van der Waals surface area contributed by atoms with Crippen molar-refractivity contribution in [1.29, 1.82) is 0 Å². The van der Waals surface area contributed by atoms with Crippen LogP contribution in [0.25, 0.3) is 0 Å². The van der Waals surface area contributed by atoms with Crippen molar-refractivity contribution in [1.82, 2.24) is 0 Å². The van der Waals surface area contributed by atoms with Crippen LogP contribution in [0.4, 0.5) is 0 Å². The van der Waals surface area contributed by atoms with Crippen LogP contribution in [0.2, 0.25) is 0 Å². The maximum Gasteiger partial charge on any atom is 0.362 e. The molecular formula is C42H74NO7+. The number of likely N-dealkylation sites (N-methyl/N-ethyl adjacent to an activating group) is 1. The molecule has 0 bridgehead atoms. The minimum absolute atomic E-state index is 0.0493. The summed E-state index contributed by atoms with van der Waals surface area (Å²) in [5.41, 5.74) is 0. The number of rotatable bonds is 34. The number of esters is 2. The fourth-order valence-corrected chi connectivity index (χ4v) is 5.39. The SMILES string of the molecule is CC/C=C/C/C=C/C/C=C/CCCCCCC(=O)OCC(COCCC(C(=O)O)[N+](C)(C)C)OC(=O)CCCCCCC/C=C/CCCCC. The summed E-state index contributed by atoms with van der Waals surface area (Å²) in [5.74, 6) is -1.51. The number of carbonyl (C=O) groups excluding carboxylic acids is 2. The molecular weight excluding hydrogens is 630 g/mol. The highest BCUT2D eigenvalue weighted by Crippen LogP contribution is 2.12. The zero-order chi connectivity index (χ0) is 37.1. The molecule has 2 atom stereocenters. The number of hydrogen-bond acceptors (Lipinski definition) is 6. The largest absolute Gasteiger partial charge is 0.477 e. The molecule has 0 rings (SSSR count). The van der Waals surface area contributed by atoms with Gasteiger partial charge in [-0.2, -0.15) is 0 Å². The molecule has 50 heavy (non-hydrogen) atoms. The highest BCUT2D eigenvalue weighted by Gasteiger charge is 2.31. The molecule has 0 aromatic rings. The fourth-order valence-electron chi connectivity index (χ4n) is 5.39. The smallest absolute Gasteiger partial charge is 0.362 e. The number of allylic oxidation sites excluding steroid dienone is 8. The van der Waals surface area contributed by atoms with E-state index >= 15 is 0 Å². The summed E-state index contributed by atoms with van der Waals surface area (Å²) in [6.07, 6.45) is 37.2. The number of hydrogen-bond donors (Lipinski definition) is 1. The second-order valence-corrected chi connectivity index (χ2v) is 14.1. The van der Waals surface area contributed by atoms with Crippen LogP contribution < -0.4 is 0 Å². The van der Waals surface area contributed by atoms with Crippen LogP contribution in [-0.2, 0) is 28.6 Å². The van der Waals surface area contributed by atoms with Gasteiger partial charge in [-0.1, -0.05) is 107 Å². The molecule has 0 radical (unpaired) electrons. The third kappa shape index (κ3) is 31.3. The molecule has 8 heteroatoms. The lowest BCUT2D eigenvalue weighted by molar-refractivity contribution is -0.887.